The van der Waals surface area contributed by atoms with Gasteiger partial charge in [-0.3, -0.25) is 0 Å². The lowest BCUT2D eigenvalue weighted by Gasteiger charge is -2.11. The third-order valence-corrected chi connectivity index (χ3v) is 1.86. The Labute approximate surface area is 89.5 Å². The molecular weight excluding hydrogens is 225 g/mol. The molecule has 1 aromatic rings. The average Bonchev–Trinajstić information content (AvgIpc) is 2.16. The van der Waals surface area contributed by atoms with E-state index in [2.05, 4.69) is 0 Å². The van der Waals surface area contributed by atoms with Crippen LogP contribution in [0.1, 0.15) is 29.3 Å². The molecule has 0 saturated heterocycles. The van der Waals surface area contributed by atoms with Crippen LogP contribution in [-0.4, -0.2) is 17.7 Å². The Kier molecular flexibility index (Phi) is 3.76. The topological polar surface area (TPSA) is 46.5 Å². The number of benzene rings is 1. The maximum absolute atomic E-state index is 13.2. The van der Waals surface area contributed by atoms with Crippen molar-refractivity contribution in [3.8, 4) is 5.75 Å². The zero-order valence-corrected chi connectivity index (χ0v) is 8.34. The van der Waals surface area contributed by atoms with Crippen LogP contribution in [-0.2, 0) is 0 Å². The smallest absolute Gasteiger partial charge is 0.335 e. The number of aromatic carboxylic acids is 1. The summed E-state index contributed by atoms with van der Waals surface area (Å²) in [4.78, 5) is 10.6. The Morgan fingerprint density at radius 3 is 2.56 bits per heavy atom. The Bertz CT molecular complexity index is 405. The van der Waals surface area contributed by atoms with Gasteiger partial charge in [-0.25, -0.2) is 18.0 Å². The summed E-state index contributed by atoms with van der Waals surface area (Å²) < 4.78 is 43.0. The van der Waals surface area contributed by atoms with E-state index < -0.39 is 35.1 Å². The Morgan fingerprint density at radius 2 is 2.12 bits per heavy atom. The summed E-state index contributed by atoms with van der Waals surface area (Å²) in [7, 11) is 0. The molecule has 0 atom stereocenters. The largest absolute Gasteiger partial charge is 0.493 e. The van der Waals surface area contributed by atoms with Gasteiger partial charge in [0, 0.05) is 0 Å². The first kappa shape index (κ1) is 12.4. The minimum absolute atomic E-state index is 0.0439. The molecule has 0 fully saturated rings. The van der Waals surface area contributed by atoms with Gasteiger partial charge in [-0.05, 0) is 19.1 Å². The Hall–Kier alpha value is -1.72. The van der Waals surface area contributed by atoms with Gasteiger partial charge in [0.05, 0.1) is 17.7 Å². The predicted octanol–water partition coefficient (Wildman–Crippen LogP) is 2.86. The number of alkyl halides is 2. The van der Waals surface area contributed by atoms with Gasteiger partial charge in [0.2, 0.25) is 0 Å². The molecular formula is C10H9F3O3. The second-order valence-corrected chi connectivity index (χ2v) is 2.91. The summed E-state index contributed by atoms with van der Waals surface area (Å²) in [5.41, 5.74) is -1.34. The molecule has 88 valence electrons. The Morgan fingerprint density at radius 1 is 1.50 bits per heavy atom. The fourth-order valence-corrected chi connectivity index (χ4v) is 1.20. The number of carboxylic acids is 1. The second-order valence-electron chi connectivity index (χ2n) is 2.91. The first-order valence-corrected chi connectivity index (χ1v) is 4.45. The molecule has 1 rings (SSSR count). The molecule has 0 aromatic heterocycles. The van der Waals surface area contributed by atoms with Crippen LogP contribution >= 0.6 is 0 Å². The van der Waals surface area contributed by atoms with Crippen molar-refractivity contribution in [1.29, 1.82) is 0 Å². The van der Waals surface area contributed by atoms with Crippen molar-refractivity contribution < 1.29 is 27.8 Å². The minimum Gasteiger partial charge on any atom is -0.493 e. The Balaban J connectivity index is 3.33. The standard InChI is InChI=1S/C10H9F3O3/c1-2-16-7-4-5(10(14)15)3-6(11)8(7)9(12)13/h3-4,9H,2H2,1H3,(H,14,15). The van der Waals surface area contributed by atoms with Gasteiger partial charge in [-0.1, -0.05) is 0 Å². The average molecular weight is 234 g/mol. The third-order valence-electron chi connectivity index (χ3n) is 1.86. The van der Waals surface area contributed by atoms with Crippen molar-refractivity contribution in [3.05, 3.63) is 29.1 Å². The first-order valence-electron chi connectivity index (χ1n) is 4.45. The number of halogens is 3. The van der Waals surface area contributed by atoms with Crippen LogP contribution < -0.4 is 4.74 Å². The number of carbonyl (C=O) groups is 1. The third kappa shape index (κ3) is 2.44. The fraction of sp³-hybridized carbons (Fsp3) is 0.300. The van der Waals surface area contributed by atoms with Gasteiger partial charge in [-0.15, -0.1) is 0 Å². The van der Waals surface area contributed by atoms with E-state index >= 15 is 0 Å². The van der Waals surface area contributed by atoms with E-state index in [9.17, 15) is 18.0 Å². The summed E-state index contributed by atoms with van der Waals surface area (Å²) in [6.45, 7) is 1.57. The molecule has 16 heavy (non-hydrogen) atoms. The highest BCUT2D eigenvalue weighted by molar-refractivity contribution is 5.88. The lowest BCUT2D eigenvalue weighted by Crippen LogP contribution is -2.05. The van der Waals surface area contributed by atoms with Crippen molar-refractivity contribution in [2.45, 2.75) is 13.3 Å². The molecule has 0 amide bonds. The summed E-state index contributed by atoms with van der Waals surface area (Å²) in [5, 5.41) is 8.62. The molecule has 0 aliphatic rings. The molecule has 0 spiro atoms. The van der Waals surface area contributed by atoms with Crippen molar-refractivity contribution in [1.82, 2.24) is 0 Å². The lowest BCUT2D eigenvalue weighted by atomic mass is 10.1. The van der Waals surface area contributed by atoms with E-state index in [1.165, 1.54) is 6.92 Å². The minimum atomic E-state index is -3.05. The lowest BCUT2D eigenvalue weighted by molar-refractivity contribution is 0.0694. The highest BCUT2D eigenvalue weighted by atomic mass is 19.3. The number of ether oxygens (including phenoxy) is 1. The van der Waals surface area contributed by atoms with Crippen molar-refractivity contribution in [3.63, 3.8) is 0 Å². The molecule has 1 aromatic carbocycles. The van der Waals surface area contributed by atoms with Gasteiger partial charge in [0.1, 0.15) is 11.6 Å². The van der Waals surface area contributed by atoms with Crippen LogP contribution in [0, 0.1) is 5.82 Å². The second kappa shape index (κ2) is 4.87. The normalized spacial score (nSPS) is 10.6. The molecule has 3 nitrogen and oxygen atoms in total. The van der Waals surface area contributed by atoms with Crippen LogP contribution in [0.2, 0.25) is 0 Å². The van der Waals surface area contributed by atoms with Gasteiger partial charge in [0.15, 0.2) is 0 Å². The number of hydrogen-bond acceptors (Lipinski definition) is 2. The SMILES string of the molecule is CCOc1cc(C(=O)O)cc(F)c1C(F)F. The zero-order chi connectivity index (χ0) is 12.3. The maximum Gasteiger partial charge on any atom is 0.335 e. The van der Waals surface area contributed by atoms with Crippen LogP contribution in [0.15, 0.2) is 12.1 Å². The van der Waals surface area contributed by atoms with E-state index in [1.807, 2.05) is 0 Å². The van der Waals surface area contributed by atoms with Gasteiger partial charge >= 0.3 is 5.97 Å². The van der Waals surface area contributed by atoms with Crippen molar-refractivity contribution >= 4 is 5.97 Å². The van der Waals surface area contributed by atoms with Gasteiger partial charge in [0.25, 0.3) is 6.43 Å². The van der Waals surface area contributed by atoms with Crippen molar-refractivity contribution in [2.24, 2.45) is 0 Å². The maximum atomic E-state index is 13.2. The number of hydrogen-bond donors (Lipinski definition) is 1. The highest BCUT2D eigenvalue weighted by Crippen LogP contribution is 2.32. The molecule has 0 aliphatic heterocycles. The van der Waals surface area contributed by atoms with Gasteiger partial charge in [-0.2, -0.15) is 0 Å². The van der Waals surface area contributed by atoms with E-state index in [0.29, 0.717) is 6.07 Å². The van der Waals surface area contributed by atoms with Crippen LogP contribution in [0.3, 0.4) is 0 Å². The molecule has 1 N–H and O–H groups in total. The van der Waals surface area contributed by atoms with E-state index in [-0.39, 0.29) is 6.61 Å². The van der Waals surface area contributed by atoms with Crippen LogP contribution in [0.5, 0.6) is 5.75 Å². The first-order chi connectivity index (χ1) is 7.47. The fourth-order valence-electron chi connectivity index (χ4n) is 1.20. The molecule has 0 heterocycles. The summed E-state index contributed by atoms with van der Waals surface area (Å²) in [6, 6.07) is 1.43. The molecule has 0 unspecified atom stereocenters. The van der Waals surface area contributed by atoms with Crippen LogP contribution in [0.4, 0.5) is 13.2 Å². The molecule has 0 saturated carbocycles. The summed E-state index contributed by atoms with van der Waals surface area (Å²) in [5.74, 6) is -3.12. The summed E-state index contributed by atoms with van der Waals surface area (Å²) >= 11 is 0. The predicted molar refractivity (Wildman–Crippen MR) is 49.5 cm³/mol. The summed E-state index contributed by atoms with van der Waals surface area (Å²) in [6.07, 6.45) is -3.05. The number of carboxylic acid groups (broad SMARTS) is 1. The quantitative estimate of drug-likeness (QED) is 0.871. The van der Waals surface area contributed by atoms with Crippen LogP contribution in [0.25, 0.3) is 0 Å². The van der Waals surface area contributed by atoms with Gasteiger partial charge < -0.3 is 9.84 Å². The highest BCUT2D eigenvalue weighted by Gasteiger charge is 2.22. The van der Waals surface area contributed by atoms with E-state index in [1.54, 1.807) is 0 Å². The van der Waals surface area contributed by atoms with E-state index in [4.69, 9.17) is 9.84 Å². The van der Waals surface area contributed by atoms with Crippen molar-refractivity contribution in [2.75, 3.05) is 6.61 Å². The molecule has 0 aliphatic carbocycles. The molecule has 0 bridgehead atoms. The zero-order valence-electron chi connectivity index (χ0n) is 8.34. The molecule has 0 radical (unpaired) electrons. The number of rotatable bonds is 4. The molecule has 6 heteroatoms. The monoisotopic (exact) mass is 234 g/mol. The van der Waals surface area contributed by atoms with E-state index in [0.717, 1.165) is 6.07 Å².